The van der Waals surface area contributed by atoms with Crippen molar-refractivity contribution in [3.05, 3.63) is 53.9 Å². The molecular formula is C18H14N3O2+. The van der Waals surface area contributed by atoms with Crippen molar-refractivity contribution >= 4 is 33.5 Å². The highest BCUT2D eigenvalue weighted by Gasteiger charge is 2.18. The van der Waals surface area contributed by atoms with Crippen molar-refractivity contribution in [2.75, 3.05) is 5.73 Å². The number of aromatic nitrogens is 1. The summed E-state index contributed by atoms with van der Waals surface area (Å²) in [7, 11) is 0. The van der Waals surface area contributed by atoms with Gasteiger partial charge in [0, 0.05) is 36.2 Å². The van der Waals surface area contributed by atoms with Gasteiger partial charge in [-0.25, -0.2) is 4.99 Å². The van der Waals surface area contributed by atoms with E-state index >= 15 is 0 Å². The van der Waals surface area contributed by atoms with Gasteiger partial charge in [0.15, 0.2) is 0 Å². The lowest BCUT2D eigenvalue weighted by molar-refractivity contribution is -0.332. The standard InChI is InChI=1S/C18H13N3O2/c1-10(22)20-11-6-7-15-16(8-11)23-17-9-14(19)12-4-2-3-5-13(12)18(17)21-15/h2-9H,19H2,1H3/p+1. The Balaban J connectivity index is 2.11. The predicted molar refractivity (Wildman–Crippen MR) is 87.6 cm³/mol. The highest BCUT2D eigenvalue weighted by atomic mass is 16.3. The van der Waals surface area contributed by atoms with E-state index in [2.05, 4.69) is 9.98 Å². The summed E-state index contributed by atoms with van der Waals surface area (Å²) in [5.41, 5.74) is 9.16. The number of anilines is 1. The van der Waals surface area contributed by atoms with Gasteiger partial charge in [-0.15, -0.1) is 0 Å². The predicted octanol–water partition coefficient (Wildman–Crippen LogP) is 2.53. The number of amides is 1. The second-order valence-corrected chi connectivity index (χ2v) is 5.42. The number of rotatable bonds is 0. The van der Waals surface area contributed by atoms with Crippen LogP contribution in [0.5, 0.6) is 0 Å². The Hall–Kier alpha value is -3.21. The monoisotopic (exact) mass is 304 g/mol. The molecule has 4 rings (SSSR count). The van der Waals surface area contributed by atoms with Gasteiger partial charge >= 0.3 is 0 Å². The molecule has 0 radical (unpaired) electrons. The van der Waals surface area contributed by atoms with Gasteiger partial charge in [-0.2, -0.15) is 4.98 Å². The molecule has 112 valence electrons. The first kappa shape index (κ1) is 13.5. The number of carbonyl (C=O) groups is 1. The molecule has 0 saturated heterocycles. The van der Waals surface area contributed by atoms with Crippen LogP contribution in [0, 0.1) is 0 Å². The van der Waals surface area contributed by atoms with Crippen LogP contribution < -0.4 is 16.1 Å². The number of nitrogen functional groups attached to an aromatic ring is 1. The summed E-state index contributed by atoms with van der Waals surface area (Å²) in [6.45, 7) is 1.42. The normalized spacial score (nSPS) is 12.3. The van der Waals surface area contributed by atoms with Gasteiger partial charge in [-0.1, -0.05) is 18.2 Å². The first-order chi connectivity index (χ1) is 11.1. The molecule has 3 N–H and O–H groups in total. The topological polar surface area (TPSA) is 82.7 Å². The number of H-pyrrole nitrogens is 1. The summed E-state index contributed by atoms with van der Waals surface area (Å²) >= 11 is 0. The van der Waals surface area contributed by atoms with Crippen LogP contribution in [0.2, 0.25) is 0 Å². The van der Waals surface area contributed by atoms with E-state index in [0.29, 0.717) is 22.4 Å². The van der Waals surface area contributed by atoms with E-state index in [0.717, 1.165) is 22.0 Å². The number of hydrogen-bond donors (Lipinski definition) is 1. The molecule has 0 atom stereocenters. The average molecular weight is 304 g/mol. The Morgan fingerprint density at radius 3 is 2.70 bits per heavy atom. The molecule has 5 heteroatoms. The lowest BCUT2D eigenvalue weighted by Gasteiger charge is -2.05. The molecule has 0 aromatic heterocycles. The van der Waals surface area contributed by atoms with E-state index in [9.17, 15) is 4.79 Å². The molecule has 2 aromatic rings. The van der Waals surface area contributed by atoms with E-state index in [1.54, 1.807) is 12.1 Å². The number of nitrogens with zero attached hydrogens (tertiary/aromatic N) is 1. The molecule has 0 fully saturated rings. The van der Waals surface area contributed by atoms with Crippen LogP contribution in [0.25, 0.3) is 33.3 Å². The number of hydrogen-bond acceptors (Lipinski definition) is 3. The molecular weight excluding hydrogens is 290 g/mol. The van der Waals surface area contributed by atoms with Gasteiger partial charge in [0.25, 0.3) is 5.52 Å². The maximum absolute atomic E-state index is 11.1. The molecule has 2 aliphatic rings. The Labute approximate surface area is 131 Å². The van der Waals surface area contributed by atoms with Crippen molar-refractivity contribution in [2.45, 2.75) is 6.92 Å². The third-order valence-corrected chi connectivity index (χ3v) is 3.77. The van der Waals surface area contributed by atoms with Crippen molar-refractivity contribution in [1.29, 1.82) is 0 Å². The highest BCUT2D eigenvalue weighted by molar-refractivity contribution is 6.07. The zero-order valence-electron chi connectivity index (χ0n) is 12.5. The van der Waals surface area contributed by atoms with E-state index in [1.807, 2.05) is 36.4 Å². The number of carbonyl (C=O) groups excluding carboxylic acids is 1. The van der Waals surface area contributed by atoms with E-state index in [1.165, 1.54) is 6.92 Å². The number of nitrogens with two attached hydrogens (primary N) is 1. The van der Waals surface area contributed by atoms with E-state index in [4.69, 9.17) is 10.2 Å². The van der Waals surface area contributed by atoms with Crippen molar-refractivity contribution < 1.29 is 14.2 Å². The molecule has 1 amide bonds. The van der Waals surface area contributed by atoms with Gasteiger partial charge < -0.3 is 10.2 Å². The molecule has 0 bridgehead atoms. The largest absolute Gasteiger partial charge is 0.443 e. The third kappa shape index (κ3) is 2.23. The van der Waals surface area contributed by atoms with E-state index in [-0.39, 0.29) is 5.91 Å². The van der Waals surface area contributed by atoms with Crippen molar-refractivity contribution in [3.8, 4) is 11.5 Å². The molecule has 0 spiro atoms. The highest BCUT2D eigenvalue weighted by Crippen LogP contribution is 2.30. The Morgan fingerprint density at radius 2 is 1.91 bits per heavy atom. The van der Waals surface area contributed by atoms with Gasteiger partial charge in [0.2, 0.25) is 22.9 Å². The summed E-state index contributed by atoms with van der Waals surface area (Å²) in [6, 6.07) is 15.1. The number of fused-ring (bicyclic) bond motifs is 4. The zero-order chi connectivity index (χ0) is 16.0. The van der Waals surface area contributed by atoms with Crippen molar-refractivity contribution in [2.24, 2.45) is 4.99 Å². The van der Waals surface area contributed by atoms with Crippen molar-refractivity contribution in [1.82, 2.24) is 0 Å². The maximum Gasteiger partial charge on any atom is 0.255 e. The number of benzene rings is 3. The first-order valence-corrected chi connectivity index (χ1v) is 7.24. The third-order valence-electron chi connectivity index (χ3n) is 3.77. The lowest BCUT2D eigenvalue weighted by atomic mass is 10.1. The molecule has 2 aromatic carbocycles. The Kier molecular flexibility index (Phi) is 2.87. The molecule has 1 aliphatic heterocycles. The summed E-state index contributed by atoms with van der Waals surface area (Å²) in [5, 5.41) is 2.55. The average Bonchev–Trinajstić information content (AvgIpc) is 2.53. The fourth-order valence-electron chi connectivity index (χ4n) is 2.79. The minimum atomic E-state index is -0.246. The van der Waals surface area contributed by atoms with Gasteiger partial charge in [-0.05, 0) is 12.1 Å². The maximum atomic E-state index is 11.1. The van der Waals surface area contributed by atoms with E-state index < -0.39 is 0 Å². The summed E-state index contributed by atoms with van der Waals surface area (Å²) < 4.78 is 5.97. The summed E-state index contributed by atoms with van der Waals surface area (Å²) in [4.78, 5) is 18.4. The fraction of sp³-hybridized carbons (Fsp3) is 0.0556. The molecule has 0 saturated carbocycles. The van der Waals surface area contributed by atoms with Crippen LogP contribution in [0.15, 0.2) is 57.9 Å². The SMILES string of the molecule is CC(=O)N=c1ccc2[nH+]c3c(cc(N)c4ccccc43)oc-2c1. The molecule has 1 heterocycles. The van der Waals surface area contributed by atoms with Crippen molar-refractivity contribution in [3.63, 3.8) is 0 Å². The van der Waals surface area contributed by atoms with Crippen LogP contribution in [-0.4, -0.2) is 5.91 Å². The minimum Gasteiger partial charge on any atom is -0.443 e. The second-order valence-electron chi connectivity index (χ2n) is 5.42. The Bertz CT molecular complexity index is 1110. The summed E-state index contributed by atoms with van der Waals surface area (Å²) in [6.07, 6.45) is 0. The molecule has 23 heavy (non-hydrogen) atoms. The number of nitrogens with one attached hydrogen (secondary N) is 1. The fourth-order valence-corrected chi connectivity index (χ4v) is 2.79. The van der Waals surface area contributed by atoms with Gasteiger partial charge in [0.1, 0.15) is 0 Å². The zero-order valence-corrected chi connectivity index (χ0v) is 12.5. The quantitative estimate of drug-likeness (QED) is 0.308. The van der Waals surface area contributed by atoms with Gasteiger partial charge in [-0.3, -0.25) is 4.79 Å². The van der Waals surface area contributed by atoms with Crippen LogP contribution >= 0.6 is 0 Å². The summed E-state index contributed by atoms with van der Waals surface area (Å²) in [5.74, 6) is 0.374. The van der Waals surface area contributed by atoms with Gasteiger partial charge in [0.05, 0.1) is 10.7 Å². The molecule has 1 aliphatic carbocycles. The minimum absolute atomic E-state index is 0.246. The molecule has 0 unspecified atom stereocenters. The number of aromatic amines is 1. The molecule has 5 nitrogen and oxygen atoms in total. The van der Waals surface area contributed by atoms with Crippen LogP contribution in [0.3, 0.4) is 0 Å². The Morgan fingerprint density at radius 1 is 1.13 bits per heavy atom. The lowest BCUT2D eigenvalue weighted by Crippen LogP contribution is -2.14. The van der Waals surface area contributed by atoms with Crippen LogP contribution in [-0.2, 0) is 4.79 Å². The first-order valence-electron chi connectivity index (χ1n) is 7.24. The smallest absolute Gasteiger partial charge is 0.255 e. The second kappa shape index (κ2) is 4.91. The van der Waals surface area contributed by atoms with Crippen LogP contribution in [0.1, 0.15) is 6.92 Å². The van der Waals surface area contributed by atoms with Crippen LogP contribution in [0.4, 0.5) is 5.69 Å².